The van der Waals surface area contributed by atoms with Crippen LogP contribution in [0.4, 0.5) is 5.69 Å². The standard InChI is InChI=1S/C15H26N2O/c1-3-4-5-10-16-11-15(18)12-17-14-8-6-13(2)7-9-14/h6-9,15-18H,3-5,10-12H2,1-2H3. The van der Waals surface area contributed by atoms with Gasteiger partial charge in [0.1, 0.15) is 0 Å². The van der Waals surface area contributed by atoms with Crippen LogP contribution in [-0.4, -0.2) is 30.8 Å². The van der Waals surface area contributed by atoms with Crippen LogP contribution >= 0.6 is 0 Å². The van der Waals surface area contributed by atoms with Crippen LogP contribution in [0.1, 0.15) is 31.7 Å². The molecule has 3 nitrogen and oxygen atoms in total. The second kappa shape index (κ2) is 8.95. The molecule has 1 aromatic carbocycles. The smallest absolute Gasteiger partial charge is 0.0836 e. The van der Waals surface area contributed by atoms with Crippen molar-refractivity contribution in [1.29, 1.82) is 0 Å². The first kappa shape index (κ1) is 15.0. The molecule has 0 aromatic heterocycles. The predicted molar refractivity (Wildman–Crippen MR) is 78.1 cm³/mol. The molecule has 0 saturated carbocycles. The molecule has 0 aliphatic rings. The van der Waals surface area contributed by atoms with Gasteiger partial charge in [-0.2, -0.15) is 0 Å². The van der Waals surface area contributed by atoms with Gasteiger partial charge in [-0.1, -0.05) is 37.5 Å². The van der Waals surface area contributed by atoms with Gasteiger partial charge >= 0.3 is 0 Å². The number of unbranched alkanes of at least 4 members (excludes halogenated alkanes) is 2. The highest BCUT2D eigenvalue weighted by molar-refractivity contribution is 5.44. The van der Waals surface area contributed by atoms with Gasteiger partial charge in [-0.25, -0.2) is 0 Å². The van der Waals surface area contributed by atoms with Crippen molar-refractivity contribution in [3.05, 3.63) is 29.8 Å². The first-order valence-corrected chi connectivity index (χ1v) is 6.91. The SMILES string of the molecule is CCCCCNCC(O)CNc1ccc(C)cc1. The van der Waals surface area contributed by atoms with E-state index in [0.29, 0.717) is 13.1 Å². The summed E-state index contributed by atoms with van der Waals surface area (Å²) in [5.74, 6) is 0. The van der Waals surface area contributed by atoms with Crippen LogP contribution in [0.2, 0.25) is 0 Å². The zero-order valence-corrected chi connectivity index (χ0v) is 11.6. The third-order valence-electron chi connectivity index (χ3n) is 2.93. The van der Waals surface area contributed by atoms with Gasteiger partial charge in [0, 0.05) is 18.8 Å². The Balaban J connectivity index is 2.09. The highest BCUT2D eigenvalue weighted by atomic mass is 16.3. The lowest BCUT2D eigenvalue weighted by atomic mass is 10.2. The van der Waals surface area contributed by atoms with Gasteiger partial charge in [-0.05, 0) is 32.0 Å². The van der Waals surface area contributed by atoms with Crippen molar-refractivity contribution in [2.75, 3.05) is 25.0 Å². The molecule has 18 heavy (non-hydrogen) atoms. The summed E-state index contributed by atoms with van der Waals surface area (Å²) in [4.78, 5) is 0. The Morgan fingerprint density at radius 1 is 1.11 bits per heavy atom. The van der Waals surface area contributed by atoms with E-state index in [-0.39, 0.29) is 6.10 Å². The molecular formula is C15H26N2O. The molecule has 3 heteroatoms. The maximum Gasteiger partial charge on any atom is 0.0836 e. The maximum atomic E-state index is 9.80. The van der Waals surface area contributed by atoms with Crippen LogP contribution < -0.4 is 10.6 Å². The first-order chi connectivity index (χ1) is 8.72. The minimum absolute atomic E-state index is 0.340. The lowest BCUT2D eigenvalue weighted by Gasteiger charge is -2.13. The summed E-state index contributed by atoms with van der Waals surface area (Å²) < 4.78 is 0. The molecule has 0 radical (unpaired) electrons. The largest absolute Gasteiger partial charge is 0.390 e. The molecular weight excluding hydrogens is 224 g/mol. The molecule has 1 atom stereocenters. The second-order valence-electron chi connectivity index (χ2n) is 4.81. The summed E-state index contributed by atoms with van der Waals surface area (Å²) in [5.41, 5.74) is 2.31. The van der Waals surface area contributed by atoms with Crippen LogP contribution in [-0.2, 0) is 0 Å². The molecule has 3 N–H and O–H groups in total. The van der Waals surface area contributed by atoms with Crippen molar-refractivity contribution in [1.82, 2.24) is 5.32 Å². The number of aliphatic hydroxyl groups is 1. The van der Waals surface area contributed by atoms with Crippen molar-refractivity contribution < 1.29 is 5.11 Å². The normalized spacial score (nSPS) is 12.4. The molecule has 0 saturated heterocycles. The Morgan fingerprint density at radius 2 is 1.83 bits per heavy atom. The molecule has 0 heterocycles. The average Bonchev–Trinajstić information content (AvgIpc) is 2.38. The van der Waals surface area contributed by atoms with Crippen LogP contribution in [0.3, 0.4) is 0 Å². The summed E-state index contributed by atoms with van der Waals surface area (Å²) in [5, 5.41) is 16.3. The number of aryl methyl sites for hydroxylation is 1. The zero-order chi connectivity index (χ0) is 13.2. The van der Waals surface area contributed by atoms with E-state index in [1.807, 2.05) is 12.1 Å². The summed E-state index contributed by atoms with van der Waals surface area (Å²) >= 11 is 0. The highest BCUT2D eigenvalue weighted by Gasteiger charge is 2.02. The van der Waals surface area contributed by atoms with E-state index in [4.69, 9.17) is 0 Å². The monoisotopic (exact) mass is 250 g/mol. The fourth-order valence-electron chi connectivity index (χ4n) is 1.75. The van der Waals surface area contributed by atoms with Gasteiger partial charge in [0.05, 0.1) is 6.10 Å². The quantitative estimate of drug-likeness (QED) is 0.590. The summed E-state index contributed by atoms with van der Waals surface area (Å²) in [6.45, 7) is 6.50. The number of aliphatic hydroxyl groups excluding tert-OH is 1. The molecule has 102 valence electrons. The van der Waals surface area contributed by atoms with Gasteiger partial charge in [0.15, 0.2) is 0 Å². The molecule has 0 aliphatic heterocycles. The number of anilines is 1. The lowest BCUT2D eigenvalue weighted by molar-refractivity contribution is 0.184. The van der Waals surface area contributed by atoms with Crippen molar-refractivity contribution in [2.45, 2.75) is 39.2 Å². The molecule has 0 spiro atoms. The number of nitrogens with one attached hydrogen (secondary N) is 2. The lowest BCUT2D eigenvalue weighted by Crippen LogP contribution is -2.32. The summed E-state index contributed by atoms with van der Waals surface area (Å²) in [6, 6.07) is 8.21. The fraction of sp³-hybridized carbons (Fsp3) is 0.600. The highest BCUT2D eigenvalue weighted by Crippen LogP contribution is 2.08. The van der Waals surface area contributed by atoms with Gasteiger partial charge in [-0.3, -0.25) is 0 Å². The Labute approximate surface area is 111 Å². The van der Waals surface area contributed by atoms with Crippen molar-refractivity contribution in [3.8, 4) is 0 Å². The molecule has 0 bridgehead atoms. The Kier molecular flexibility index (Phi) is 7.46. The number of hydrogen-bond acceptors (Lipinski definition) is 3. The molecule has 0 amide bonds. The third kappa shape index (κ3) is 6.62. The number of benzene rings is 1. The van der Waals surface area contributed by atoms with Gasteiger partial charge in [0.25, 0.3) is 0 Å². The van der Waals surface area contributed by atoms with E-state index in [1.165, 1.54) is 24.8 Å². The molecule has 0 aliphatic carbocycles. The Morgan fingerprint density at radius 3 is 2.50 bits per heavy atom. The number of rotatable bonds is 9. The van der Waals surface area contributed by atoms with Crippen molar-refractivity contribution in [2.24, 2.45) is 0 Å². The fourth-order valence-corrected chi connectivity index (χ4v) is 1.75. The van der Waals surface area contributed by atoms with Crippen LogP contribution in [0, 0.1) is 6.92 Å². The maximum absolute atomic E-state index is 9.80. The van der Waals surface area contributed by atoms with Gasteiger partial charge in [0.2, 0.25) is 0 Å². The topological polar surface area (TPSA) is 44.3 Å². The van der Waals surface area contributed by atoms with Crippen LogP contribution in [0.15, 0.2) is 24.3 Å². The van der Waals surface area contributed by atoms with E-state index >= 15 is 0 Å². The minimum atomic E-state index is -0.340. The Bertz CT molecular complexity index is 311. The third-order valence-corrected chi connectivity index (χ3v) is 2.93. The van der Waals surface area contributed by atoms with Gasteiger partial charge in [-0.15, -0.1) is 0 Å². The van der Waals surface area contributed by atoms with E-state index in [1.54, 1.807) is 0 Å². The minimum Gasteiger partial charge on any atom is -0.390 e. The van der Waals surface area contributed by atoms with Crippen LogP contribution in [0.5, 0.6) is 0 Å². The first-order valence-electron chi connectivity index (χ1n) is 6.91. The average molecular weight is 250 g/mol. The van der Waals surface area contributed by atoms with E-state index in [9.17, 15) is 5.11 Å². The second-order valence-corrected chi connectivity index (χ2v) is 4.81. The van der Waals surface area contributed by atoms with Crippen molar-refractivity contribution in [3.63, 3.8) is 0 Å². The molecule has 1 unspecified atom stereocenters. The zero-order valence-electron chi connectivity index (χ0n) is 11.6. The number of hydrogen-bond donors (Lipinski definition) is 3. The molecule has 1 aromatic rings. The predicted octanol–water partition coefficient (Wildman–Crippen LogP) is 2.55. The Hall–Kier alpha value is -1.06. The van der Waals surface area contributed by atoms with E-state index in [2.05, 4.69) is 36.6 Å². The molecule has 1 rings (SSSR count). The molecule has 0 fully saturated rings. The van der Waals surface area contributed by atoms with Crippen molar-refractivity contribution >= 4 is 5.69 Å². The summed E-state index contributed by atoms with van der Waals surface area (Å²) in [6.07, 6.45) is 3.34. The van der Waals surface area contributed by atoms with Crippen LogP contribution in [0.25, 0.3) is 0 Å². The van der Waals surface area contributed by atoms with Gasteiger partial charge < -0.3 is 15.7 Å². The van der Waals surface area contributed by atoms with E-state index in [0.717, 1.165) is 12.2 Å². The summed E-state index contributed by atoms with van der Waals surface area (Å²) in [7, 11) is 0. The van der Waals surface area contributed by atoms with E-state index < -0.39 is 0 Å².